The minimum Gasteiger partial charge on any atom is -0.507 e. The molecule has 1 aromatic carbocycles. The molecule has 0 radical (unpaired) electrons. The molecule has 1 amide bonds. The zero-order valence-corrected chi connectivity index (χ0v) is 10.8. The third-order valence-corrected chi connectivity index (χ3v) is 2.52. The van der Waals surface area contributed by atoms with E-state index < -0.39 is 0 Å². The lowest BCUT2D eigenvalue weighted by molar-refractivity contribution is 0.0950. The first-order valence-electron chi connectivity index (χ1n) is 6.05. The first-order valence-corrected chi connectivity index (χ1v) is 6.05. The highest BCUT2D eigenvalue weighted by Crippen LogP contribution is 2.23. The summed E-state index contributed by atoms with van der Waals surface area (Å²) in [5.41, 5.74) is 0.263. The number of amides is 1. The lowest BCUT2D eigenvalue weighted by atomic mass is 10.2. The molecule has 0 heterocycles. The molecule has 0 spiro atoms. The molecule has 0 saturated carbocycles. The molecule has 1 rings (SSSR count). The van der Waals surface area contributed by atoms with E-state index in [1.807, 2.05) is 6.92 Å². The first-order chi connectivity index (χ1) is 8.69. The summed E-state index contributed by atoms with van der Waals surface area (Å²) >= 11 is 0. The second kappa shape index (κ2) is 7.55. The van der Waals surface area contributed by atoms with Crippen LogP contribution in [0.4, 0.5) is 0 Å². The number of phenols is 1. The molecule has 0 aliphatic carbocycles. The lowest BCUT2D eigenvalue weighted by Crippen LogP contribution is -2.27. The highest BCUT2D eigenvalue weighted by Gasteiger charge is 2.10. The molecule has 5 nitrogen and oxygen atoms in total. The van der Waals surface area contributed by atoms with Gasteiger partial charge in [0.15, 0.2) is 0 Å². The molecule has 18 heavy (non-hydrogen) atoms. The molecule has 0 aliphatic heterocycles. The summed E-state index contributed by atoms with van der Waals surface area (Å²) < 4.78 is 4.96. The van der Waals surface area contributed by atoms with E-state index in [9.17, 15) is 9.90 Å². The number of carbonyl (C=O) groups is 1. The molecule has 3 N–H and O–H groups in total. The summed E-state index contributed by atoms with van der Waals surface area (Å²) in [5.74, 6) is 0.182. The van der Waals surface area contributed by atoms with E-state index in [1.54, 1.807) is 12.1 Å². The molecule has 0 fully saturated rings. The number of ether oxygens (including phenoxy) is 1. The second-order valence-corrected chi connectivity index (χ2v) is 3.85. The Balaban J connectivity index is 2.46. The molecular formula is C13H20N2O3. The Morgan fingerprint density at radius 2 is 2.17 bits per heavy atom. The van der Waals surface area contributed by atoms with Crippen molar-refractivity contribution in [1.82, 2.24) is 10.6 Å². The van der Waals surface area contributed by atoms with E-state index in [4.69, 9.17) is 4.74 Å². The van der Waals surface area contributed by atoms with Gasteiger partial charge >= 0.3 is 0 Å². The van der Waals surface area contributed by atoms with Gasteiger partial charge in [-0.2, -0.15) is 0 Å². The largest absolute Gasteiger partial charge is 0.507 e. The Labute approximate surface area is 107 Å². The molecule has 1 aromatic rings. The third kappa shape index (κ3) is 4.25. The predicted octanol–water partition coefficient (Wildman–Crippen LogP) is 1.13. The Morgan fingerprint density at radius 1 is 1.39 bits per heavy atom. The van der Waals surface area contributed by atoms with Crippen LogP contribution in [0, 0.1) is 0 Å². The van der Waals surface area contributed by atoms with E-state index in [-0.39, 0.29) is 17.2 Å². The smallest absolute Gasteiger partial charge is 0.255 e. The zero-order valence-electron chi connectivity index (χ0n) is 10.8. The fourth-order valence-electron chi connectivity index (χ4n) is 1.52. The van der Waals surface area contributed by atoms with Crippen LogP contribution in [0.1, 0.15) is 23.7 Å². The molecule has 0 aromatic heterocycles. The average molecular weight is 252 g/mol. The first kappa shape index (κ1) is 14.3. The van der Waals surface area contributed by atoms with Crippen LogP contribution in [0.2, 0.25) is 0 Å². The Kier molecular flexibility index (Phi) is 6.00. The number of carbonyl (C=O) groups excluding carboxylic acids is 1. The van der Waals surface area contributed by atoms with Gasteiger partial charge in [0, 0.05) is 12.6 Å². The van der Waals surface area contributed by atoms with Crippen LogP contribution in [0.15, 0.2) is 18.2 Å². The summed E-state index contributed by atoms with van der Waals surface area (Å²) in [6, 6.07) is 4.62. The fraction of sp³-hybridized carbons (Fsp3) is 0.462. The Hall–Kier alpha value is -1.75. The quantitative estimate of drug-likeness (QED) is 0.636. The maximum atomic E-state index is 11.8. The van der Waals surface area contributed by atoms with Crippen molar-refractivity contribution in [2.75, 3.05) is 26.7 Å². The molecule has 5 heteroatoms. The van der Waals surface area contributed by atoms with E-state index in [2.05, 4.69) is 10.6 Å². The van der Waals surface area contributed by atoms with Gasteiger partial charge in [0.1, 0.15) is 11.5 Å². The highest BCUT2D eigenvalue weighted by molar-refractivity contribution is 5.96. The predicted molar refractivity (Wildman–Crippen MR) is 70.2 cm³/mol. The summed E-state index contributed by atoms with van der Waals surface area (Å²) in [6.07, 6.45) is 0.858. The molecule has 0 atom stereocenters. The van der Waals surface area contributed by atoms with E-state index in [0.717, 1.165) is 19.5 Å². The number of nitrogens with one attached hydrogen (secondary N) is 2. The summed E-state index contributed by atoms with van der Waals surface area (Å²) in [5, 5.41) is 15.6. The van der Waals surface area contributed by atoms with Crippen molar-refractivity contribution in [3.63, 3.8) is 0 Å². The van der Waals surface area contributed by atoms with Crippen molar-refractivity contribution in [3.05, 3.63) is 23.8 Å². The highest BCUT2D eigenvalue weighted by atomic mass is 16.5. The molecule has 0 unspecified atom stereocenters. The minimum absolute atomic E-state index is 0.0708. The fourth-order valence-corrected chi connectivity index (χ4v) is 1.52. The number of hydrogen-bond acceptors (Lipinski definition) is 4. The molecule has 0 bridgehead atoms. The number of hydrogen-bond donors (Lipinski definition) is 3. The standard InChI is InChI=1S/C13H20N2O3/c1-3-14-7-4-8-15-13(17)11-6-5-10(18-2)9-12(11)16/h5-6,9,14,16H,3-4,7-8H2,1-2H3,(H,15,17). The summed E-state index contributed by atoms with van der Waals surface area (Å²) in [6.45, 7) is 4.41. The molecule has 0 aliphatic rings. The van der Waals surface area contributed by atoms with E-state index in [0.29, 0.717) is 12.3 Å². The van der Waals surface area contributed by atoms with Crippen molar-refractivity contribution in [2.24, 2.45) is 0 Å². The van der Waals surface area contributed by atoms with Gasteiger partial charge < -0.3 is 20.5 Å². The van der Waals surface area contributed by atoms with Gasteiger partial charge in [-0.1, -0.05) is 6.92 Å². The Bertz CT molecular complexity index is 394. The van der Waals surface area contributed by atoms with E-state index >= 15 is 0 Å². The monoisotopic (exact) mass is 252 g/mol. The van der Waals surface area contributed by atoms with Gasteiger partial charge in [0.25, 0.3) is 5.91 Å². The van der Waals surface area contributed by atoms with Gasteiger partial charge in [-0.05, 0) is 31.6 Å². The van der Waals surface area contributed by atoms with Crippen LogP contribution in [-0.2, 0) is 0 Å². The second-order valence-electron chi connectivity index (χ2n) is 3.85. The van der Waals surface area contributed by atoms with Crippen molar-refractivity contribution >= 4 is 5.91 Å². The van der Waals surface area contributed by atoms with Gasteiger partial charge in [0.2, 0.25) is 0 Å². The van der Waals surface area contributed by atoms with Crippen molar-refractivity contribution < 1.29 is 14.6 Å². The van der Waals surface area contributed by atoms with Gasteiger partial charge in [-0.25, -0.2) is 0 Å². The number of rotatable bonds is 7. The maximum Gasteiger partial charge on any atom is 0.255 e. The lowest BCUT2D eigenvalue weighted by Gasteiger charge is -2.08. The number of methoxy groups -OCH3 is 1. The number of aromatic hydroxyl groups is 1. The van der Waals surface area contributed by atoms with Crippen molar-refractivity contribution in [1.29, 1.82) is 0 Å². The van der Waals surface area contributed by atoms with Gasteiger partial charge in [0.05, 0.1) is 12.7 Å². The van der Waals surface area contributed by atoms with E-state index in [1.165, 1.54) is 13.2 Å². The van der Waals surface area contributed by atoms with Gasteiger partial charge in [-0.15, -0.1) is 0 Å². The van der Waals surface area contributed by atoms with Gasteiger partial charge in [-0.3, -0.25) is 4.79 Å². The topological polar surface area (TPSA) is 70.6 Å². The van der Waals surface area contributed by atoms with Crippen LogP contribution < -0.4 is 15.4 Å². The van der Waals surface area contributed by atoms with Crippen LogP contribution in [0.3, 0.4) is 0 Å². The third-order valence-electron chi connectivity index (χ3n) is 2.52. The SMILES string of the molecule is CCNCCCNC(=O)c1ccc(OC)cc1O. The molecular weight excluding hydrogens is 232 g/mol. The van der Waals surface area contributed by atoms with Crippen LogP contribution in [0.5, 0.6) is 11.5 Å². The summed E-state index contributed by atoms with van der Waals surface area (Å²) in [7, 11) is 1.51. The van der Waals surface area contributed by atoms with Crippen LogP contribution in [-0.4, -0.2) is 37.8 Å². The zero-order chi connectivity index (χ0) is 13.4. The number of benzene rings is 1. The number of phenolic OH excluding ortho intramolecular Hbond substituents is 1. The Morgan fingerprint density at radius 3 is 2.78 bits per heavy atom. The average Bonchev–Trinajstić information content (AvgIpc) is 2.38. The molecule has 100 valence electrons. The van der Waals surface area contributed by atoms with Crippen molar-refractivity contribution in [3.8, 4) is 11.5 Å². The minimum atomic E-state index is -0.272. The van der Waals surface area contributed by atoms with Crippen molar-refractivity contribution in [2.45, 2.75) is 13.3 Å². The summed E-state index contributed by atoms with van der Waals surface area (Å²) in [4.78, 5) is 11.8. The maximum absolute atomic E-state index is 11.8. The van der Waals surface area contributed by atoms with Crippen LogP contribution >= 0.6 is 0 Å². The normalized spacial score (nSPS) is 10.1. The van der Waals surface area contributed by atoms with Crippen LogP contribution in [0.25, 0.3) is 0 Å². The molecule has 0 saturated heterocycles.